The van der Waals surface area contributed by atoms with Gasteiger partial charge in [0.1, 0.15) is 5.75 Å². The Balaban J connectivity index is 2.99. The molecule has 0 aliphatic heterocycles. The van der Waals surface area contributed by atoms with E-state index in [9.17, 15) is 10.1 Å². The van der Waals surface area contributed by atoms with Crippen molar-refractivity contribution >= 4 is 6.08 Å². The van der Waals surface area contributed by atoms with E-state index >= 15 is 0 Å². The van der Waals surface area contributed by atoms with Gasteiger partial charge < -0.3 is 4.74 Å². The van der Waals surface area contributed by atoms with Crippen molar-refractivity contribution in [2.75, 3.05) is 7.11 Å². The van der Waals surface area contributed by atoms with E-state index < -0.39 is 0 Å². The fourth-order valence-electron chi connectivity index (χ4n) is 1.53. The molecular formula is C13H17NO3. The molecule has 17 heavy (non-hydrogen) atoms. The Hall–Kier alpha value is -1.84. The SMILES string of the molecule is COc1cccc(C=C(CC(C)C)[N+](=O)[O-])c1. The number of benzene rings is 1. The first-order valence-electron chi connectivity index (χ1n) is 5.52. The molecule has 1 rings (SSSR count). The average molecular weight is 235 g/mol. The maximum absolute atomic E-state index is 10.9. The highest BCUT2D eigenvalue weighted by molar-refractivity contribution is 5.53. The van der Waals surface area contributed by atoms with E-state index in [1.807, 2.05) is 32.0 Å². The molecule has 4 heteroatoms. The van der Waals surface area contributed by atoms with Crippen molar-refractivity contribution in [2.24, 2.45) is 5.92 Å². The number of nitro groups is 1. The van der Waals surface area contributed by atoms with Crippen LogP contribution in [0.1, 0.15) is 25.8 Å². The maximum Gasteiger partial charge on any atom is 0.247 e. The Morgan fingerprint density at radius 3 is 2.76 bits per heavy atom. The minimum absolute atomic E-state index is 0.230. The molecule has 0 amide bonds. The predicted molar refractivity (Wildman–Crippen MR) is 67.4 cm³/mol. The summed E-state index contributed by atoms with van der Waals surface area (Å²) < 4.78 is 5.08. The summed E-state index contributed by atoms with van der Waals surface area (Å²) in [4.78, 5) is 10.6. The molecule has 0 aliphatic carbocycles. The average Bonchev–Trinajstić information content (AvgIpc) is 2.27. The minimum Gasteiger partial charge on any atom is -0.497 e. The molecule has 0 spiro atoms. The molecule has 1 aromatic rings. The third-order valence-corrected chi connectivity index (χ3v) is 2.28. The number of hydrogen-bond acceptors (Lipinski definition) is 3. The van der Waals surface area contributed by atoms with Crippen LogP contribution in [-0.4, -0.2) is 12.0 Å². The van der Waals surface area contributed by atoms with E-state index in [1.54, 1.807) is 19.3 Å². The van der Waals surface area contributed by atoms with Crippen molar-refractivity contribution in [3.05, 3.63) is 45.6 Å². The molecule has 4 nitrogen and oxygen atoms in total. The zero-order chi connectivity index (χ0) is 12.8. The topological polar surface area (TPSA) is 52.4 Å². The number of allylic oxidation sites excluding steroid dienone is 1. The second-order valence-corrected chi connectivity index (χ2v) is 4.27. The van der Waals surface area contributed by atoms with Crippen LogP contribution >= 0.6 is 0 Å². The normalized spacial score (nSPS) is 11.6. The molecule has 0 aromatic heterocycles. The standard InChI is InChI=1S/C13H17NO3/c1-10(2)7-12(14(15)16)8-11-5-4-6-13(9-11)17-3/h4-6,8-10H,7H2,1-3H3. The van der Waals surface area contributed by atoms with Crippen LogP contribution in [0.2, 0.25) is 0 Å². The van der Waals surface area contributed by atoms with Gasteiger partial charge in [-0.1, -0.05) is 26.0 Å². The molecule has 1 aromatic carbocycles. The summed E-state index contributed by atoms with van der Waals surface area (Å²) in [6, 6.07) is 7.24. The van der Waals surface area contributed by atoms with Gasteiger partial charge in [0.05, 0.1) is 12.0 Å². The Kier molecular flexibility index (Phi) is 4.69. The third kappa shape index (κ3) is 4.26. The van der Waals surface area contributed by atoms with Crippen molar-refractivity contribution in [2.45, 2.75) is 20.3 Å². The summed E-state index contributed by atoms with van der Waals surface area (Å²) in [6.07, 6.45) is 2.06. The van der Waals surface area contributed by atoms with Crippen molar-refractivity contribution in [1.29, 1.82) is 0 Å². The largest absolute Gasteiger partial charge is 0.497 e. The minimum atomic E-state index is -0.320. The summed E-state index contributed by atoms with van der Waals surface area (Å²) in [7, 11) is 1.57. The molecule has 0 atom stereocenters. The number of methoxy groups -OCH3 is 1. The van der Waals surface area contributed by atoms with Gasteiger partial charge in [-0.3, -0.25) is 10.1 Å². The molecule has 0 saturated heterocycles. The van der Waals surface area contributed by atoms with Crippen molar-refractivity contribution < 1.29 is 9.66 Å². The highest BCUT2D eigenvalue weighted by atomic mass is 16.6. The van der Waals surface area contributed by atoms with E-state index in [2.05, 4.69) is 0 Å². The first-order chi connectivity index (χ1) is 8.02. The Labute approximate surface area is 101 Å². The molecule has 0 N–H and O–H groups in total. The van der Waals surface area contributed by atoms with Crippen LogP contribution in [0.25, 0.3) is 6.08 Å². The number of rotatable bonds is 5. The summed E-state index contributed by atoms with van der Waals surface area (Å²) >= 11 is 0. The number of nitrogens with zero attached hydrogens (tertiary/aromatic N) is 1. The van der Waals surface area contributed by atoms with Crippen molar-refractivity contribution in [3.63, 3.8) is 0 Å². The predicted octanol–water partition coefficient (Wildman–Crippen LogP) is 3.36. The van der Waals surface area contributed by atoms with Crippen LogP contribution < -0.4 is 4.74 Å². The van der Waals surface area contributed by atoms with Gasteiger partial charge in [-0.2, -0.15) is 0 Å². The lowest BCUT2D eigenvalue weighted by Gasteiger charge is -2.03. The molecule has 0 bridgehead atoms. The highest BCUT2D eigenvalue weighted by Gasteiger charge is 2.12. The Morgan fingerprint density at radius 2 is 2.24 bits per heavy atom. The fourth-order valence-corrected chi connectivity index (χ4v) is 1.53. The summed E-state index contributed by atoms with van der Waals surface area (Å²) in [5.74, 6) is 0.961. The van der Waals surface area contributed by atoms with E-state index in [-0.39, 0.29) is 16.5 Å². The van der Waals surface area contributed by atoms with Crippen LogP contribution in [0.4, 0.5) is 0 Å². The summed E-state index contributed by atoms with van der Waals surface area (Å²) in [6.45, 7) is 3.92. The first-order valence-corrected chi connectivity index (χ1v) is 5.52. The number of ether oxygens (including phenoxy) is 1. The van der Waals surface area contributed by atoms with E-state index in [0.29, 0.717) is 12.2 Å². The van der Waals surface area contributed by atoms with Gasteiger partial charge >= 0.3 is 0 Å². The van der Waals surface area contributed by atoms with Gasteiger partial charge in [-0.05, 0) is 23.6 Å². The van der Waals surface area contributed by atoms with E-state index in [1.165, 1.54) is 0 Å². The van der Waals surface area contributed by atoms with E-state index in [4.69, 9.17) is 4.74 Å². The van der Waals surface area contributed by atoms with Gasteiger partial charge in [0.15, 0.2) is 0 Å². The van der Waals surface area contributed by atoms with Crippen molar-refractivity contribution in [3.8, 4) is 5.75 Å². The lowest BCUT2D eigenvalue weighted by atomic mass is 10.1. The highest BCUT2D eigenvalue weighted by Crippen LogP contribution is 2.18. The van der Waals surface area contributed by atoms with E-state index in [0.717, 1.165) is 5.56 Å². The zero-order valence-electron chi connectivity index (χ0n) is 10.3. The summed E-state index contributed by atoms with van der Waals surface area (Å²) in [5, 5.41) is 10.9. The first kappa shape index (κ1) is 13.2. The molecule has 0 heterocycles. The fraction of sp³-hybridized carbons (Fsp3) is 0.385. The molecule has 0 aliphatic rings. The third-order valence-electron chi connectivity index (χ3n) is 2.28. The zero-order valence-corrected chi connectivity index (χ0v) is 10.3. The molecule has 0 unspecified atom stereocenters. The second-order valence-electron chi connectivity index (χ2n) is 4.27. The molecule has 92 valence electrons. The quantitative estimate of drug-likeness (QED) is 0.580. The van der Waals surface area contributed by atoms with Crippen LogP contribution in [0, 0.1) is 16.0 Å². The number of hydrogen-bond donors (Lipinski definition) is 0. The molecule has 0 radical (unpaired) electrons. The smallest absolute Gasteiger partial charge is 0.247 e. The molecule has 0 saturated carbocycles. The van der Waals surface area contributed by atoms with Crippen molar-refractivity contribution in [1.82, 2.24) is 0 Å². The van der Waals surface area contributed by atoms with Crippen LogP contribution in [0.5, 0.6) is 5.75 Å². The van der Waals surface area contributed by atoms with Gasteiger partial charge in [0, 0.05) is 12.5 Å². The maximum atomic E-state index is 10.9. The Morgan fingerprint density at radius 1 is 1.53 bits per heavy atom. The van der Waals surface area contributed by atoms with Crippen LogP contribution in [-0.2, 0) is 0 Å². The summed E-state index contributed by atoms with van der Waals surface area (Å²) in [5.41, 5.74) is 1.02. The lowest BCUT2D eigenvalue weighted by molar-refractivity contribution is -0.427. The van der Waals surface area contributed by atoms with Gasteiger partial charge in [0.2, 0.25) is 5.70 Å². The van der Waals surface area contributed by atoms with Crippen LogP contribution in [0.3, 0.4) is 0 Å². The molecule has 0 fully saturated rings. The second kappa shape index (κ2) is 6.03. The monoisotopic (exact) mass is 235 g/mol. The van der Waals surface area contributed by atoms with Gasteiger partial charge in [0.25, 0.3) is 0 Å². The van der Waals surface area contributed by atoms with Gasteiger partial charge in [-0.25, -0.2) is 0 Å². The molecular weight excluding hydrogens is 218 g/mol. The van der Waals surface area contributed by atoms with Crippen LogP contribution in [0.15, 0.2) is 30.0 Å². The van der Waals surface area contributed by atoms with Gasteiger partial charge in [-0.15, -0.1) is 0 Å². The Bertz CT molecular complexity index is 424. The lowest BCUT2D eigenvalue weighted by Crippen LogP contribution is -2.02.